The Morgan fingerprint density at radius 3 is 2.84 bits per heavy atom. The highest BCUT2D eigenvalue weighted by Crippen LogP contribution is 2.46. The van der Waals surface area contributed by atoms with E-state index in [0.29, 0.717) is 11.8 Å². The van der Waals surface area contributed by atoms with Gasteiger partial charge in [0.25, 0.3) is 0 Å². The number of hydrogen-bond acceptors (Lipinski definition) is 7. The normalized spacial score (nSPS) is 16.2. The molecule has 0 aliphatic heterocycles. The Balaban J connectivity index is 1.57. The number of H-pyrrole nitrogens is 1. The highest BCUT2D eigenvalue weighted by Gasteiger charge is 2.42. The van der Waals surface area contributed by atoms with Crippen LogP contribution in [0, 0.1) is 0 Å². The van der Waals surface area contributed by atoms with Crippen molar-refractivity contribution in [3.8, 4) is 11.5 Å². The van der Waals surface area contributed by atoms with Crippen molar-refractivity contribution in [1.82, 2.24) is 30.2 Å². The van der Waals surface area contributed by atoms with E-state index in [9.17, 15) is 0 Å². The fourth-order valence-electron chi connectivity index (χ4n) is 4.55. The van der Waals surface area contributed by atoms with Gasteiger partial charge in [-0.3, -0.25) is 4.98 Å². The van der Waals surface area contributed by atoms with Gasteiger partial charge in [-0.2, -0.15) is 0 Å². The molecule has 0 spiro atoms. The molecule has 4 aromatic rings. The van der Waals surface area contributed by atoms with E-state index in [1.54, 1.807) is 13.2 Å². The second-order valence-electron chi connectivity index (χ2n) is 8.24. The van der Waals surface area contributed by atoms with Gasteiger partial charge in [0, 0.05) is 43.4 Å². The lowest BCUT2D eigenvalue weighted by Gasteiger charge is -2.24. The van der Waals surface area contributed by atoms with Gasteiger partial charge in [-0.1, -0.05) is 18.9 Å². The van der Waals surface area contributed by atoms with Gasteiger partial charge in [0.05, 0.1) is 11.0 Å². The quantitative estimate of drug-likeness (QED) is 0.374. The lowest BCUT2D eigenvalue weighted by atomic mass is 9.79. The molecule has 0 radical (unpaired) electrons. The van der Waals surface area contributed by atoms with Crippen LogP contribution in [-0.4, -0.2) is 37.2 Å². The third kappa shape index (κ3) is 3.38. The van der Waals surface area contributed by atoms with E-state index in [4.69, 9.17) is 10.3 Å². The van der Waals surface area contributed by atoms with Crippen LogP contribution in [0.4, 0.5) is 0 Å². The highest BCUT2D eigenvalue weighted by molar-refractivity contribution is 5.92. The van der Waals surface area contributed by atoms with E-state index in [2.05, 4.69) is 37.3 Å². The molecule has 0 unspecified atom stereocenters. The molecular formula is C23H25N7O. The van der Waals surface area contributed by atoms with Crippen molar-refractivity contribution in [2.24, 2.45) is 5.84 Å². The first-order chi connectivity index (χ1) is 15.1. The van der Waals surface area contributed by atoms with Crippen LogP contribution < -0.4 is 5.84 Å². The molecule has 1 aliphatic carbocycles. The number of nitrogens with one attached hydrogen (secondary N) is 1. The minimum absolute atomic E-state index is 0.264. The van der Waals surface area contributed by atoms with E-state index < -0.39 is 0 Å². The molecule has 0 saturated heterocycles. The maximum Gasteiger partial charge on any atom is 0.249 e. The smallest absolute Gasteiger partial charge is 0.249 e. The minimum atomic E-state index is -0.264. The summed E-state index contributed by atoms with van der Waals surface area (Å²) in [4.78, 5) is 12.1. The highest BCUT2D eigenvalue weighted by atomic mass is 16.4. The van der Waals surface area contributed by atoms with E-state index >= 15 is 0 Å². The van der Waals surface area contributed by atoms with Crippen molar-refractivity contribution in [3.05, 3.63) is 66.2 Å². The van der Waals surface area contributed by atoms with Gasteiger partial charge in [-0.05, 0) is 48.6 Å². The first-order valence-electron chi connectivity index (χ1n) is 10.5. The van der Waals surface area contributed by atoms with Crippen LogP contribution in [0.5, 0.6) is 0 Å². The number of allylic oxidation sites excluding steroid dienone is 1. The first kappa shape index (κ1) is 19.4. The van der Waals surface area contributed by atoms with Gasteiger partial charge in [-0.15, -0.1) is 10.2 Å². The van der Waals surface area contributed by atoms with E-state index in [0.717, 1.165) is 59.0 Å². The van der Waals surface area contributed by atoms with Crippen molar-refractivity contribution >= 4 is 16.6 Å². The molecule has 4 aromatic heterocycles. The lowest BCUT2D eigenvalue weighted by Crippen LogP contribution is -2.24. The number of pyridine rings is 2. The summed E-state index contributed by atoms with van der Waals surface area (Å²) < 4.78 is 6.30. The monoisotopic (exact) mass is 415 g/mol. The molecule has 8 heteroatoms. The number of nitrogens with two attached hydrogens (primary N) is 1. The zero-order valence-corrected chi connectivity index (χ0v) is 17.7. The number of fused-ring (bicyclic) bond motifs is 1. The number of hydrazine groups is 1. The molecule has 0 aromatic carbocycles. The van der Waals surface area contributed by atoms with Crippen LogP contribution in [-0.2, 0) is 5.41 Å². The number of rotatable bonds is 5. The van der Waals surface area contributed by atoms with Crippen LogP contribution in [0.25, 0.3) is 28.1 Å². The van der Waals surface area contributed by atoms with Crippen LogP contribution in [0.2, 0.25) is 0 Å². The summed E-state index contributed by atoms with van der Waals surface area (Å²) in [7, 11) is 1.79. The van der Waals surface area contributed by atoms with Crippen molar-refractivity contribution in [2.75, 3.05) is 7.05 Å². The summed E-state index contributed by atoms with van der Waals surface area (Å²) in [5.74, 6) is 6.91. The van der Waals surface area contributed by atoms with Crippen molar-refractivity contribution in [2.45, 2.75) is 38.0 Å². The van der Waals surface area contributed by atoms with Gasteiger partial charge in [0.15, 0.2) is 0 Å². The zero-order chi connectivity index (χ0) is 21.4. The second-order valence-corrected chi connectivity index (χ2v) is 8.24. The maximum atomic E-state index is 6.30. The molecule has 0 amide bonds. The van der Waals surface area contributed by atoms with E-state index in [1.165, 1.54) is 5.01 Å². The second kappa shape index (κ2) is 7.63. The first-order valence-corrected chi connectivity index (χ1v) is 10.5. The van der Waals surface area contributed by atoms with E-state index in [-0.39, 0.29) is 5.41 Å². The Kier molecular flexibility index (Phi) is 4.78. The van der Waals surface area contributed by atoms with Gasteiger partial charge >= 0.3 is 0 Å². The van der Waals surface area contributed by atoms with E-state index in [1.807, 2.05) is 37.8 Å². The van der Waals surface area contributed by atoms with Gasteiger partial charge < -0.3 is 14.4 Å². The molecule has 3 N–H and O–H groups in total. The predicted molar refractivity (Wildman–Crippen MR) is 118 cm³/mol. The molecule has 1 fully saturated rings. The fourth-order valence-corrected chi connectivity index (χ4v) is 4.55. The molecule has 158 valence electrons. The van der Waals surface area contributed by atoms with Crippen molar-refractivity contribution < 1.29 is 4.42 Å². The summed E-state index contributed by atoms with van der Waals surface area (Å²) in [6.07, 6.45) is 13.5. The van der Waals surface area contributed by atoms with Crippen LogP contribution in [0.3, 0.4) is 0 Å². The Hall–Kier alpha value is -3.52. The zero-order valence-electron chi connectivity index (χ0n) is 17.7. The SMILES string of the molecule is CC(=CN(C)N)c1cnc2[nH]cc(-c3nnc(C4(c5cccnc5)CCCC4)o3)c2c1. The molecule has 0 atom stereocenters. The standard InChI is InChI=1S/C23H25N7O/c1-15(14-30(2)24)16-10-18-19(13-27-20(18)26-11-16)21-28-29-22(31-21)23(7-3-4-8-23)17-6-5-9-25-12-17/h5-6,9-14H,3-4,7-8,24H2,1-2H3,(H,26,27). The van der Waals surface area contributed by atoms with Gasteiger partial charge in [0.2, 0.25) is 11.8 Å². The molecule has 8 nitrogen and oxygen atoms in total. The Morgan fingerprint density at radius 2 is 2.10 bits per heavy atom. The van der Waals surface area contributed by atoms with Crippen LogP contribution in [0.1, 0.15) is 49.6 Å². The van der Waals surface area contributed by atoms with Crippen LogP contribution >= 0.6 is 0 Å². The van der Waals surface area contributed by atoms with Crippen molar-refractivity contribution in [3.63, 3.8) is 0 Å². The largest absolute Gasteiger partial charge is 0.420 e. The topological polar surface area (TPSA) is 110 Å². The van der Waals surface area contributed by atoms with Gasteiger partial charge in [-0.25, -0.2) is 10.8 Å². The number of aromatic nitrogens is 5. The summed E-state index contributed by atoms with van der Waals surface area (Å²) in [5.41, 5.74) is 4.48. The number of nitrogens with zero attached hydrogens (tertiary/aromatic N) is 5. The predicted octanol–water partition coefficient (Wildman–Crippen LogP) is 4.03. The number of aromatic amines is 1. The summed E-state index contributed by atoms with van der Waals surface area (Å²) in [5, 5.41) is 11.4. The summed E-state index contributed by atoms with van der Waals surface area (Å²) in [6, 6.07) is 6.14. The molecule has 4 heterocycles. The third-order valence-electron chi connectivity index (χ3n) is 6.12. The number of hydrogen-bond donors (Lipinski definition) is 2. The molecule has 1 aliphatic rings. The Bertz CT molecular complexity index is 1230. The average Bonchev–Trinajstić information content (AvgIpc) is 3.52. The van der Waals surface area contributed by atoms with Crippen LogP contribution in [0.15, 0.2) is 53.6 Å². The lowest BCUT2D eigenvalue weighted by molar-refractivity contribution is 0.379. The fraction of sp³-hybridized carbons (Fsp3) is 0.304. The molecular weight excluding hydrogens is 390 g/mol. The van der Waals surface area contributed by atoms with Crippen molar-refractivity contribution in [1.29, 1.82) is 0 Å². The minimum Gasteiger partial charge on any atom is -0.420 e. The molecule has 5 rings (SSSR count). The molecule has 0 bridgehead atoms. The summed E-state index contributed by atoms with van der Waals surface area (Å²) >= 11 is 0. The molecule has 1 saturated carbocycles. The Morgan fingerprint density at radius 1 is 1.26 bits per heavy atom. The summed E-state index contributed by atoms with van der Waals surface area (Å²) in [6.45, 7) is 2.00. The molecule has 31 heavy (non-hydrogen) atoms. The average molecular weight is 416 g/mol. The maximum absolute atomic E-state index is 6.30. The Labute approximate surface area is 180 Å². The van der Waals surface area contributed by atoms with Gasteiger partial charge in [0.1, 0.15) is 5.65 Å². The third-order valence-corrected chi connectivity index (χ3v) is 6.12.